The predicted octanol–water partition coefficient (Wildman–Crippen LogP) is 0.793. The molecule has 7 nitrogen and oxygen atoms in total. The van der Waals surface area contributed by atoms with Crippen LogP contribution in [0, 0.1) is 16.0 Å². The van der Waals surface area contributed by atoms with E-state index in [1.165, 1.54) is 6.07 Å². The summed E-state index contributed by atoms with van der Waals surface area (Å²) in [6, 6.07) is 6.35. The first-order valence-electron chi connectivity index (χ1n) is 6.50. The molecule has 0 aromatic heterocycles. The Morgan fingerprint density at radius 2 is 2.25 bits per heavy atom. The van der Waals surface area contributed by atoms with Crippen molar-refractivity contribution < 1.29 is 14.5 Å². The number of hydrazine groups is 1. The summed E-state index contributed by atoms with van der Waals surface area (Å²) in [5.41, 5.74) is 6.57. The van der Waals surface area contributed by atoms with Crippen LogP contribution in [0.1, 0.15) is 12.5 Å². The van der Waals surface area contributed by atoms with Gasteiger partial charge < -0.3 is 4.74 Å². The van der Waals surface area contributed by atoms with Crippen LogP contribution in [0.3, 0.4) is 0 Å². The lowest BCUT2D eigenvalue weighted by molar-refractivity contribution is -0.385. The first-order valence-corrected chi connectivity index (χ1v) is 6.50. The molecule has 2 rings (SSSR count). The van der Waals surface area contributed by atoms with E-state index in [4.69, 9.17) is 4.74 Å². The minimum absolute atomic E-state index is 0.0730. The molecule has 7 heteroatoms. The van der Waals surface area contributed by atoms with Crippen molar-refractivity contribution in [3.63, 3.8) is 0 Å². The number of carbonyl (C=O) groups excluding carboxylic acids is 1. The van der Waals surface area contributed by atoms with E-state index in [9.17, 15) is 14.9 Å². The van der Waals surface area contributed by atoms with Crippen molar-refractivity contribution in [3.05, 3.63) is 39.9 Å². The van der Waals surface area contributed by atoms with E-state index < -0.39 is 4.92 Å². The lowest BCUT2D eigenvalue weighted by atomic mass is 9.94. The van der Waals surface area contributed by atoms with E-state index in [0.717, 1.165) is 0 Å². The van der Waals surface area contributed by atoms with Crippen LogP contribution in [-0.4, -0.2) is 30.1 Å². The molecule has 1 saturated heterocycles. The van der Waals surface area contributed by atoms with Crippen molar-refractivity contribution in [1.29, 1.82) is 0 Å². The van der Waals surface area contributed by atoms with Crippen LogP contribution in [-0.2, 0) is 16.0 Å². The fourth-order valence-corrected chi connectivity index (χ4v) is 2.33. The van der Waals surface area contributed by atoms with Gasteiger partial charge in [0.25, 0.3) is 5.69 Å². The summed E-state index contributed by atoms with van der Waals surface area (Å²) in [7, 11) is 0. The van der Waals surface area contributed by atoms with Crippen LogP contribution >= 0.6 is 0 Å². The number of hydrogen-bond donors (Lipinski definition) is 2. The van der Waals surface area contributed by atoms with E-state index >= 15 is 0 Å². The van der Waals surface area contributed by atoms with E-state index in [-0.39, 0.29) is 23.6 Å². The third-order valence-corrected chi connectivity index (χ3v) is 3.31. The standard InChI is InChI=1S/C13H17N3O4/c1-2-20-13(17)10-8-14-15-11(10)7-9-5-3-4-6-12(9)16(18)19/h3-6,10-11,14-15H,2,7-8H2,1H3. The van der Waals surface area contributed by atoms with Gasteiger partial charge in [-0.1, -0.05) is 18.2 Å². The summed E-state index contributed by atoms with van der Waals surface area (Å²) < 4.78 is 5.02. The molecule has 2 N–H and O–H groups in total. The fourth-order valence-electron chi connectivity index (χ4n) is 2.33. The highest BCUT2D eigenvalue weighted by molar-refractivity contribution is 5.74. The molecule has 1 aliphatic heterocycles. The Balaban J connectivity index is 2.13. The highest BCUT2D eigenvalue weighted by Gasteiger charge is 2.35. The molecule has 1 aromatic carbocycles. The van der Waals surface area contributed by atoms with Crippen LogP contribution in [0.4, 0.5) is 5.69 Å². The Labute approximate surface area is 116 Å². The maximum Gasteiger partial charge on any atom is 0.311 e. The molecule has 1 aromatic rings. The molecule has 0 spiro atoms. The van der Waals surface area contributed by atoms with Gasteiger partial charge in [-0.05, 0) is 13.3 Å². The number of nitrogens with zero attached hydrogens (tertiary/aromatic N) is 1. The second-order valence-corrected chi connectivity index (χ2v) is 4.58. The Kier molecular flexibility index (Phi) is 4.65. The zero-order chi connectivity index (χ0) is 14.5. The number of benzene rings is 1. The van der Waals surface area contributed by atoms with Gasteiger partial charge in [-0.3, -0.25) is 25.8 Å². The lowest BCUT2D eigenvalue weighted by Gasteiger charge is -2.16. The minimum Gasteiger partial charge on any atom is -0.466 e. The molecule has 1 heterocycles. The first kappa shape index (κ1) is 14.4. The van der Waals surface area contributed by atoms with Crippen molar-refractivity contribution in [3.8, 4) is 0 Å². The van der Waals surface area contributed by atoms with Gasteiger partial charge in [0.05, 0.1) is 17.4 Å². The van der Waals surface area contributed by atoms with E-state index in [1.54, 1.807) is 25.1 Å². The van der Waals surface area contributed by atoms with Crippen LogP contribution in [0.15, 0.2) is 24.3 Å². The largest absolute Gasteiger partial charge is 0.466 e. The van der Waals surface area contributed by atoms with Crippen LogP contribution in [0.2, 0.25) is 0 Å². The molecular formula is C13H17N3O4. The Morgan fingerprint density at radius 1 is 1.50 bits per heavy atom. The number of carbonyl (C=O) groups is 1. The van der Waals surface area contributed by atoms with Crippen molar-refractivity contribution in [2.75, 3.05) is 13.2 Å². The summed E-state index contributed by atoms with van der Waals surface area (Å²) in [6.07, 6.45) is 0.396. The highest BCUT2D eigenvalue weighted by Crippen LogP contribution is 2.22. The first-order chi connectivity index (χ1) is 9.63. The summed E-state index contributed by atoms with van der Waals surface area (Å²) in [5, 5.41) is 11.0. The molecule has 1 fully saturated rings. The van der Waals surface area contributed by atoms with E-state index in [0.29, 0.717) is 25.1 Å². The van der Waals surface area contributed by atoms with Crippen molar-refractivity contribution >= 4 is 11.7 Å². The summed E-state index contributed by atoms with van der Waals surface area (Å²) in [5.74, 6) is -0.622. The van der Waals surface area contributed by atoms with Crippen LogP contribution in [0.25, 0.3) is 0 Å². The average molecular weight is 279 g/mol. The molecule has 20 heavy (non-hydrogen) atoms. The molecule has 0 radical (unpaired) electrons. The van der Waals surface area contributed by atoms with Gasteiger partial charge in [0, 0.05) is 24.2 Å². The minimum atomic E-state index is -0.406. The Hall–Kier alpha value is -1.99. The zero-order valence-corrected chi connectivity index (χ0v) is 11.2. The van der Waals surface area contributed by atoms with Gasteiger partial charge >= 0.3 is 5.97 Å². The second-order valence-electron chi connectivity index (χ2n) is 4.58. The van der Waals surface area contributed by atoms with Gasteiger partial charge in [-0.2, -0.15) is 0 Å². The normalized spacial score (nSPS) is 21.6. The number of nitrogens with one attached hydrogen (secondary N) is 2. The molecule has 0 bridgehead atoms. The SMILES string of the molecule is CCOC(=O)C1CNNC1Cc1ccccc1[N+](=O)[O-]. The van der Waals surface area contributed by atoms with Crippen LogP contribution in [0.5, 0.6) is 0 Å². The molecular weight excluding hydrogens is 262 g/mol. The molecule has 1 aliphatic rings. The number of ether oxygens (including phenoxy) is 1. The molecule has 0 amide bonds. The summed E-state index contributed by atoms with van der Waals surface area (Å²) in [4.78, 5) is 22.4. The topological polar surface area (TPSA) is 93.5 Å². The molecule has 0 aliphatic carbocycles. The number of hydrogen-bond acceptors (Lipinski definition) is 6. The number of nitro groups is 1. The van der Waals surface area contributed by atoms with Gasteiger partial charge in [0.1, 0.15) is 0 Å². The monoisotopic (exact) mass is 279 g/mol. The lowest BCUT2D eigenvalue weighted by Crippen LogP contribution is -2.36. The molecule has 2 unspecified atom stereocenters. The maximum absolute atomic E-state index is 11.8. The predicted molar refractivity (Wildman–Crippen MR) is 71.8 cm³/mol. The van der Waals surface area contributed by atoms with E-state index in [1.807, 2.05) is 0 Å². The molecule has 108 valence electrons. The smallest absolute Gasteiger partial charge is 0.311 e. The highest BCUT2D eigenvalue weighted by atomic mass is 16.6. The van der Waals surface area contributed by atoms with Crippen molar-refractivity contribution in [1.82, 2.24) is 10.9 Å². The number of esters is 1. The van der Waals surface area contributed by atoms with Gasteiger partial charge in [0.15, 0.2) is 0 Å². The van der Waals surface area contributed by atoms with Gasteiger partial charge in [0.2, 0.25) is 0 Å². The van der Waals surface area contributed by atoms with Gasteiger partial charge in [-0.15, -0.1) is 0 Å². The third kappa shape index (κ3) is 3.12. The molecule has 2 atom stereocenters. The average Bonchev–Trinajstić information content (AvgIpc) is 2.87. The zero-order valence-electron chi connectivity index (χ0n) is 11.2. The Morgan fingerprint density at radius 3 is 2.95 bits per heavy atom. The number of para-hydroxylation sites is 1. The van der Waals surface area contributed by atoms with Crippen molar-refractivity contribution in [2.24, 2.45) is 5.92 Å². The van der Waals surface area contributed by atoms with Crippen LogP contribution < -0.4 is 10.9 Å². The number of rotatable bonds is 5. The Bertz CT molecular complexity index is 506. The third-order valence-electron chi connectivity index (χ3n) is 3.31. The van der Waals surface area contributed by atoms with E-state index in [2.05, 4.69) is 10.9 Å². The fraction of sp³-hybridized carbons (Fsp3) is 0.462. The molecule has 0 saturated carbocycles. The summed E-state index contributed by atoms with van der Waals surface area (Å²) >= 11 is 0. The number of nitro benzene ring substituents is 1. The second kappa shape index (κ2) is 6.44. The van der Waals surface area contributed by atoms with Gasteiger partial charge in [-0.25, -0.2) is 0 Å². The maximum atomic E-state index is 11.8. The summed E-state index contributed by atoms with van der Waals surface area (Å²) in [6.45, 7) is 2.54. The van der Waals surface area contributed by atoms with Crippen molar-refractivity contribution in [2.45, 2.75) is 19.4 Å². The quantitative estimate of drug-likeness (QED) is 0.470.